The Kier molecular flexibility index (Phi) is 6.09. The number of hydrogen-bond donors (Lipinski definition) is 2. The van der Waals surface area contributed by atoms with E-state index in [-0.39, 0.29) is 5.91 Å². The standard InChI is InChI=1S/C14H29N3O/c1-4-9-16-14(13(15)18,12-7-8-12)11-17(6-3)10-5-2/h12,16H,4-11H2,1-3H3,(H2,15,18). The van der Waals surface area contributed by atoms with Crippen molar-refractivity contribution in [2.75, 3.05) is 26.2 Å². The SMILES string of the molecule is CCCNC(CN(CC)CCC)(C(N)=O)C1CC1. The number of nitrogens with one attached hydrogen (secondary N) is 1. The molecule has 1 saturated carbocycles. The summed E-state index contributed by atoms with van der Waals surface area (Å²) in [5.41, 5.74) is 5.23. The molecule has 0 aromatic heterocycles. The van der Waals surface area contributed by atoms with E-state index < -0.39 is 5.54 Å². The van der Waals surface area contributed by atoms with Crippen molar-refractivity contribution in [1.29, 1.82) is 0 Å². The van der Waals surface area contributed by atoms with Gasteiger partial charge in [-0.2, -0.15) is 0 Å². The molecule has 0 aliphatic heterocycles. The molecule has 1 rings (SSSR count). The third kappa shape index (κ3) is 3.69. The van der Waals surface area contributed by atoms with Crippen molar-refractivity contribution >= 4 is 5.91 Å². The van der Waals surface area contributed by atoms with Crippen LogP contribution in [0.1, 0.15) is 46.5 Å². The third-order valence-electron chi connectivity index (χ3n) is 3.86. The van der Waals surface area contributed by atoms with Crippen LogP contribution in [0.3, 0.4) is 0 Å². The number of carbonyl (C=O) groups is 1. The van der Waals surface area contributed by atoms with Crippen molar-refractivity contribution in [1.82, 2.24) is 10.2 Å². The van der Waals surface area contributed by atoms with E-state index in [1.807, 2.05) is 0 Å². The lowest BCUT2D eigenvalue weighted by atomic mass is 9.91. The lowest BCUT2D eigenvalue weighted by Crippen LogP contribution is -2.63. The molecule has 0 aromatic rings. The number of rotatable bonds is 10. The van der Waals surface area contributed by atoms with Crippen LogP contribution >= 0.6 is 0 Å². The second-order valence-electron chi connectivity index (χ2n) is 5.41. The van der Waals surface area contributed by atoms with Gasteiger partial charge in [0.25, 0.3) is 0 Å². The first kappa shape index (κ1) is 15.4. The van der Waals surface area contributed by atoms with Gasteiger partial charge in [0.15, 0.2) is 0 Å². The Hall–Kier alpha value is -0.610. The summed E-state index contributed by atoms with van der Waals surface area (Å²) in [5, 5.41) is 3.45. The van der Waals surface area contributed by atoms with Crippen LogP contribution in [0.25, 0.3) is 0 Å². The molecule has 0 radical (unpaired) electrons. The summed E-state index contributed by atoms with van der Waals surface area (Å²) in [4.78, 5) is 14.3. The molecule has 0 spiro atoms. The van der Waals surface area contributed by atoms with Crippen molar-refractivity contribution in [3.05, 3.63) is 0 Å². The van der Waals surface area contributed by atoms with Gasteiger partial charge in [0.05, 0.1) is 0 Å². The Morgan fingerprint density at radius 2 is 2.00 bits per heavy atom. The molecule has 0 aromatic carbocycles. The van der Waals surface area contributed by atoms with Crippen LogP contribution in [0, 0.1) is 5.92 Å². The Labute approximate surface area is 111 Å². The second-order valence-corrected chi connectivity index (χ2v) is 5.41. The molecule has 1 aliphatic rings. The molecule has 4 nitrogen and oxygen atoms in total. The van der Waals surface area contributed by atoms with E-state index in [0.29, 0.717) is 5.92 Å². The summed E-state index contributed by atoms with van der Waals surface area (Å²) in [5.74, 6) is 0.264. The molecule has 3 N–H and O–H groups in total. The van der Waals surface area contributed by atoms with Crippen molar-refractivity contribution in [2.24, 2.45) is 11.7 Å². The average molecular weight is 255 g/mol. The maximum absolute atomic E-state index is 12.0. The highest BCUT2D eigenvalue weighted by molar-refractivity contribution is 5.86. The number of likely N-dealkylation sites (N-methyl/N-ethyl adjacent to an activating group) is 1. The van der Waals surface area contributed by atoms with E-state index in [0.717, 1.165) is 51.9 Å². The third-order valence-corrected chi connectivity index (χ3v) is 3.86. The van der Waals surface area contributed by atoms with Gasteiger partial charge < -0.3 is 16.0 Å². The van der Waals surface area contributed by atoms with E-state index in [9.17, 15) is 4.79 Å². The highest BCUT2D eigenvalue weighted by Gasteiger charge is 2.50. The Bertz CT molecular complexity index is 266. The zero-order valence-corrected chi connectivity index (χ0v) is 12.2. The van der Waals surface area contributed by atoms with Gasteiger partial charge in [0.2, 0.25) is 5.91 Å². The zero-order valence-electron chi connectivity index (χ0n) is 12.2. The first-order valence-corrected chi connectivity index (χ1v) is 7.38. The van der Waals surface area contributed by atoms with Crippen molar-refractivity contribution in [3.63, 3.8) is 0 Å². The molecule has 18 heavy (non-hydrogen) atoms. The maximum atomic E-state index is 12.0. The topological polar surface area (TPSA) is 58.4 Å². The highest BCUT2D eigenvalue weighted by atomic mass is 16.1. The summed E-state index contributed by atoms with van der Waals surface area (Å²) in [6.45, 7) is 10.1. The van der Waals surface area contributed by atoms with E-state index in [1.54, 1.807) is 0 Å². The average Bonchev–Trinajstić information content (AvgIpc) is 3.17. The summed E-state index contributed by atoms with van der Waals surface area (Å²) in [6, 6.07) is 0. The summed E-state index contributed by atoms with van der Waals surface area (Å²) < 4.78 is 0. The fourth-order valence-corrected chi connectivity index (χ4v) is 2.64. The zero-order chi connectivity index (χ0) is 13.6. The van der Waals surface area contributed by atoms with Gasteiger partial charge >= 0.3 is 0 Å². The van der Waals surface area contributed by atoms with E-state index in [1.165, 1.54) is 0 Å². The molecule has 106 valence electrons. The molecule has 1 atom stereocenters. The monoisotopic (exact) mass is 255 g/mol. The minimum absolute atomic E-state index is 0.173. The number of nitrogens with two attached hydrogens (primary N) is 1. The Morgan fingerprint density at radius 1 is 1.33 bits per heavy atom. The molecule has 1 aliphatic carbocycles. The van der Waals surface area contributed by atoms with Crippen molar-refractivity contribution in [3.8, 4) is 0 Å². The van der Waals surface area contributed by atoms with Crippen LogP contribution in [0.2, 0.25) is 0 Å². The molecule has 1 fully saturated rings. The van der Waals surface area contributed by atoms with Gasteiger partial charge in [0, 0.05) is 6.54 Å². The van der Waals surface area contributed by atoms with Crippen LogP contribution < -0.4 is 11.1 Å². The van der Waals surface area contributed by atoms with Crippen molar-refractivity contribution < 1.29 is 4.79 Å². The van der Waals surface area contributed by atoms with Crippen LogP contribution in [0.4, 0.5) is 0 Å². The van der Waals surface area contributed by atoms with Gasteiger partial charge in [-0.25, -0.2) is 0 Å². The number of primary amides is 1. The molecule has 0 saturated heterocycles. The minimum Gasteiger partial charge on any atom is -0.368 e. The molecule has 1 unspecified atom stereocenters. The maximum Gasteiger partial charge on any atom is 0.239 e. The van der Waals surface area contributed by atoms with Gasteiger partial charge in [-0.15, -0.1) is 0 Å². The lowest BCUT2D eigenvalue weighted by Gasteiger charge is -2.37. The number of amides is 1. The Morgan fingerprint density at radius 3 is 2.39 bits per heavy atom. The molecular weight excluding hydrogens is 226 g/mol. The highest BCUT2D eigenvalue weighted by Crippen LogP contribution is 2.40. The first-order valence-electron chi connectivity index (χ1n) is 7.38. The van der Waals surface area contributed by atoms with Gasteiger partial charge in [-0.3, -0.25) is 4.79 Å². The fraction of sp³-hybridized carbons (Fsp3) is 0.929. The fourth-order valence-electron chi connectivity index (χ4n) is 2.64. The van der Waals surface area contributed by atoms with E-state index in [4.69, 9.17) is 5.73 Å². The smallest absolute Gasteiger partial charge is 0.239 e. The number of carbonyl (C=O) groups excluding carboxylic acids is 1. The minimum atomic E-state index is -0.499. The van der Waals surface area contributed by atoms with E-state index >= 15 is 0 Å². The molecule has 0 bridgehead atoms. The predicted molar refractivity (Wildman–Crippen MR) is 75.3 cm³/mol. The largest absolute Gasteiger partial charge is 0.368 e. The summed E-state index contributed by atoms with van der Waals surface area (Å²) in [6.07, 6.45) is 4.40. The molecule has 4 heteroatoms. The lowest BCUT2D eigenvalue weighted by molar-refractivity contribution is -0.126. The molecule has 0 heterocycles. The summed E-state index contributed by atoms with van der Waals surface area (Å²) in [7, 11) is 0. The molecule has 1 amide bonds. The van der Waals surface area contributed by atoms with Gasteiger partial charge in [-0.1, -0.05) is 20.8 Å². The summed E-state index contributed by atoms with van der Waals surface area (Å²) >= 11 is 0. The second kappa shape index (κ2) is 7.10. The van der Waals surface area contributed by atoms with Crippen LogP contribution in [-0.4, -0.2) is 42.5 Å². The van der Waals surface area contributed by atoms with Crippen LogP contribution in [-0.2, 0) is 4.79 Å². The van der Waals surface area contributed by atoms with Crippen molar-refractivity contribution in [2.45, 2.75) is 52.0 Å². The first-order chi connectivity index (χ1) is 8.60. The van der Waals surface area contributed by atoms with Crippen LogP contribution in [0.5, 0.6) is 0 Å². The number of nitrogens with zero attached hydrogens (tertiary/aromatic N) is 1. The van der Waals surface area contributed by atoms with Gasteiger partial charge in [0.1, 0.15) is 5.54 Å². The van der Waals surface area contributed by atoms with Gasteiger partial charge in [-0.05, 0) is 51.2 Å². The van der Waals surface area contributed by atoms with Crippen LogP contribution in [0.15, 0.2) is 0 Å². The Balaban J connectivity index is 2.76. The van der Waals surface area contributed by atoms with E-state index in [2.05, 4.69) is 31.0 Å². The molecular formula is C14H29N3O. The predicted octanol–water partition coefficient (Wildman–Crippen LogP) is 1.35. The number of hydrogen-bond acceptors (Lipinski definition) is 3. The quantitative estimate of drug-likeness (QED) is 0.619. The normalized spacial score (nSPS) is 18.9.